The summed E-state index contributed by atoms with van der Waals surface area (Å²) >= 11 is 0. The van der Waals surface area contributed by atoms with E-state index >= 15 is 0 Å². The average Bonchev–Trinajstić information content (AvgIpc) is 3.23. The lowest BCUT2D eigenvalue weighted by atomic mass is 9.67. The summed E-state index contributed by atoms with van der Waals surface area (Å²) in [6, 6.07) is 1.31. The van der Waals surface area contributed by atoms with Gasteiger partial charge in [-0.1, -0.05) is 5.16 Å². The Hall–Kier alpha value is -2.68. The summed E-state index contributed by atoms with van der Waals surface area (Å²) in [6.07, 6.45) is 3.13. The Morgan fingerprint density at radius 3 is 2.60 bits per heavy atom. The zero-order chi connectivity index (χ0) is 21.5. The van der Waals surface area contributed by atoms with E-state index < -0.39 is 11.9 Å². The van der Waals surface area contributed by atoms with Crippen molar-refractivity contribution < 1.29 is 18.8 Å². The highest BCUT2D eigenvalue weighted by molar-refractivity contribution is 5.97. The van der Waals surface area contributed by atoms with Crippen LogP contribution < -0.4 is 5.73 Å². The smallest absolute Gasteiger partial charge is 0.277 e. The van der Waals surface area contributed by atoms with Crippen molar-refractivity contribution in [1.82, 2.24) is 19.8 Å². The van der Waals surface area contributed by atoms with Gasteiger partial charge in [0, 0.05) is 36.4 Å². The third-order valence-electron chi connectivity index (χ3n) is 6.58. The van der Waals surface area contributed by atoms with Gasteiger partial charge in [-0.05, 0) is 52.5 Å². The molecule has 1 unspecified atom stereocenters. The maximum absolute atomic E-state index is 13.6. The molecule has 4 rings (SSSR count). The first-order valence-electron chi connectivity index (χ1n) is 10.5. The predicted octanol–water partition coefficient (Wildman–Crippen LogP) is 1.73. The lowest BCUT2D eigenvalue weighted by molar-refractivity contribution is -0.134. The molecule has 0 saturated carbocycles. The SMILES string of the molecule is Cc1cc(C)n(Cc2c(C(=O)N3CCCC4(CCOCC4)C3C(N)=O)noc2C)n1. The number of nitrogens with zero attached hydrogens (tertiary/aromatic N) is 4. The molecule has 2 fully saturated rings. The van der Waals surface area contributed by atoms with Gasteiger partial charge in [-0.15, -0.1) is 0 Å². The maximum atomic E-state index is 13.6. The van der Waals surface area contributed by atoms with Crippen molar-refractivity contribution in [2.75, 3.05) is 19.8 Å². The van der Waals surface area contributed by atoms with Crippen molar-refractivity contribution in [3.05, 3.63) is 34.5 Å². The number of carbonyl (C=O) groups excluding carboxylic acids is 2. The maximum Gasteiger partial charge on any atom is 0.277 e. The van der Waals surface area contributed by atoms with Crippen molar-refractivity contribution in [1.29, 1.82) is 0 Å². The molecular weight excluding hydrogens is 386 g/mol. The lowest BCUT2D eigenvalue weighted by Gasteiger charge is -2.50. The molecule has 2 amide bonds. The third-order valence-corrected chi connectivity index (χ3v) is 6.58. The quantitative estimate of drug-likeness (QED) is 0.813. The highest BCUT2D eigenvalue weighted by Gasteiger charge is 2.50. The van der Waals surface area contributed by atoms with Crippen LogP contribution in [-0.2, 0) is 16.1 Å². The lowest BCUT2D eigenvalue weighted by Crippen LogP contribution is -2.61. The fourth-order valence-corrected chi connectivity index (χ4v) is 5.04. The number of hydrogen-bond acceptors (Lipinski definition) is 6. The standard InChI is InChI=1S/C21H29N5O4/c1-13-11-14(2)26(23-13)12-16-15(3)30-24-17(16)20(28)25-8-4-5-21(18(25)19(22)27)6-9-29-10-7-21/h11,18H,4-10,12H2,1-3H3,(H2,22,27). The number of amides is 2. The Morgan fingerprint density at radius 2 is 1.97 bits per heavy atom. The fourth-order valence-electron chi connectivity index (χ4n) is 5.04. The van der Waals surface area contributed by atoms with E-state index in [9.17, 15) is 9.59 Å². The number of piperidine rings is 1. The Kier molecular flexibility index (Phi) is 5.40. The van der Waals surface area contributed by atoms with Crippen LogP contribution in [0.2, 0.25) is 0 Å². The fraction of sp³-hybridized carbons (Fsp3) is 0.619. The number of likely N-dealkylation sites (tertiary alicyclic amines) is 1. The molecule has 2 aromatic rings. The molecule has 30 heavy (non-hydrogen) atoms. The number of aromatic nitrogens is 3. The Morgan fingerprint density at radius 1 is 1.23 bits per heavy atom. The van der Waals surface area contributed by atoms with Crippen LogP contribution in [0, 0.1) is 26.2 Å². The minimum atomic E-state index is -0.666. The molecule has 0 aliphatic carbocycles. The summed E-state index contributed by atoms with van der Waals surface area (Å²) in [6.45, 7) is 7.69. The van der Waals surface area contributed by atoms with E-state index in [-0.39, 0.29) is 17.0 Å². The van der Waals surface area contributed by atoms with Crippen LogP contribution in [0.25, 0.3) is 0 Å². The van der Waals surface area contributed by atoms with Crippen molar-refractivity contribution in [2.24, 2.45) is 11.1 Å². The van der Waals surface area contributed by atoms with Gasteiger partial charge in [0.2, 0.25) is 5.91 Å². The third kappa shape index (κ3) is 3.51. The second-order valence-corrected chi connectivity index (χ2v) is 8.53. The van der Waals surface area contributed by atoms with Gasteiger partial charge in [0.25, 0.3) is 5.91 Å². The van der Waals surface area contributed by atoms with Crippen LogP contribution in [0.15, 0.2) is 10.6 Å². The van der Waals surface area contributed by atoms with Gasteiger partial charge in [0.1, 0.15) is 11.8 Å². The van der Waals surface area contributed by atoms with Gasteiger partial charge >= 0.3 is 0 Å². The van der Waals surface area contributed by atoms with Crippen LogP contribution in [0.1, 0.15) is 58.9 Å². The summed E-state index contributed by atoms with van der Waals surface area (Å²) in [5.74, 6) is -0.206. The molecule has 0 bridgehead atoms. The zero-order valence-electron chi connectivity index (χ0n) is 17.8. The Balaban J connectivity index is 1.67. The molecule has 2 aliphatic heterocycles. The largest absolute Gasteiger partial charge is 0.381 e. The molecule has 162 valence electrons. The topological polar surface area (TPSA) is 116 Å². The van der Waals surface area contributed by atoms with Crippen LogP contribution in [0.3, 0.4) is 0 Å². The number of rotatable bonds is 4. The number of carbonyl (C=O) groups is 2. The number of nitrogens with two attached hydrogens (primary N) is 1. The molecule has 9 nitrogen and oxygen atoms in total. The van der Waals surface area contributed by atoms with E-state index in [1.807, 2.05) is 24.6 Å². The summed E-state index contributed by atoms with van der Waals surface area (Å²) in [7, 11) is 0. The second kappa shape index (κ2) is 7.86. The zero-order valence-corrected chi connectivity index (χ0v) is 17.8. The minimum absolute atomic E-state index is 0.232. The molecule has 1 atom stereocenters. The number of primary amides is 1. The van der Waals surface area contributed by atoms with E-state index in [1.165, 1.54) is 0 Å². The van der Waals surface area contributed by atoms with Crippen LogP contribution in [-0.4, -0.2) is 57.5 Å². The summed E-state index contributed by atoms with van der Waals surface area (Å²) < 4.78 is 12.7. The van der Waals surface area contributed by atoms with Gasteiger partial charge in [0.15, 0.2) is 5.69 Å². The predicted molar refractivity (Wildman–Crippen MR) is 108 cm³/mol. The molecule has 9 heteroatoms. The van der Waals surface area contributed by atoms with Gasteiger partial charge in [-0.2, -0.15) is 5.10 Å². The molecule has 2 saturated heterocycles. The summed E-state index contributed by atoms with van der Waals surface area (Å²) in [5.41, 5.74) is 8.31. The van der Waals surface area contributed by atoms with Gasteiger partial charge in [0.05, 0.1) is 12.2 Å². The van der Waals surface area contributed by atoms with Gasteiger partial charge < -0.3 is 19.9 Å². The average molecular weight is 415 g/mol. The normalized spacial score (nSPS) is 21.2. The van der Waals surface area contributed by atoms with E-state index in [0.29, 0.717) is 37.6 Å². The molecule has 0 aromatic carbocycles. The van der Waals surface area contributed by atoms with E-state index in [0.717, 1.165) is 37.1 Å². The molecular formula is C21H29N5O4. The molecule has 1 spiro atoms. The monoisotopic (exact) mass is 415 g/mol. The van der Waals surface area contributed by atoms with Crippen molar-refractivity contribution >= 4 is 11.8 Å². The first-order valence-corrected chi connectivity index (χ1v) is 10.5. The summed E-state index contributed by atoms with van der Waals surface area (Å²) in [4.78, 5) is 27.7. The molecule has 4 heterocycles. The van der Waals surface area contributed by atoms with Crippen LogP contribution in [0.5, 0.6) is 0 Å². The Bertz CT molecular complexity index is 951. The molecule has 0 radical (unpaired) electrons. The van der Waals surface area contributed by atoms with Gasteiger partial charge in [-0.3, -0.25) is 14.3 Å². The van der Waals surface area contributed by atoms with Crippen LogP contribution in [0.4, 0.5) is 0 Å². The first kappa shape index (κ1) is 20.6. The van der Waals surface area contributed by atoms with Gasteiger partial charge in [-0.25, -0.2) is 0 Å². The molecule has 2 aliphatic rings. The number of aryl methyl sites for hydroxylation is 3. The van der Waals surface area contributed by atoms with E-state index in [1.54, 1.807) is 11.8 Å². The van der Waals surface area contributed by atoms with E-state index in [4.69, 9.17) is 15.0 Å². The first-order chi connectivity index (χ1) is 14.3. The van der Waals surface area contributed by atoms with E-state index in [2.05, 4.69) is 10.3 Å². The van der Waals surface area contributed by atoms with Crippen molar-refractivity contribution in [2.45, 2.75) is 59.0 Å². The molecule has 2 aromatic heterocycles. The molecule has 2 N–H and O–H groups in total. The number of hydrogen-bond donors (Lipinski definition) is 1. The van der Waals surface area contributed by atoms with Crippen molar-refractivity contribution in [3.63, 3.8) is 0 Å². The van der Waals surface area contributed by atoms with Crippen molar-refractivity contribution in [3.8, 4) is 0 Å². The van der Waals surface area contributed by atoms with Crippen LogP contribution >= 0.6 is 0 Å². The Labute approximate surface area is 175 Å². The second-order valence-electron chi connectivity index (χ2n) is 8.53. The summed E-state index contributed by atoms with van der Waals surface area (Å²) in [5, 5.41) is 8.55. The number of ether oxygens (including phenoxy) is 1. The highest BCUT2D eigenvalue weighted by atomic mass is 16.5. The highest BCUT2D eigenvalue weighted by Crippen LogP contribution is 2.44. The minimum Gasteiger partial charge on any atom is -0.381 e.